The quantitative estimate of drug-likeness (QED) is 0.661. The van der Waals surface area contributed by atoms with Gasteiger partial charge in [0.05, 0.1) is 5.52 Å². The number of aromatic nitrogens is 2. The summed E-state index contributed by atoms with van der Waals surface area (Å²) in [5.74, 6) is 0.897. The van der Waals surface area contributed by atoms with Crippen molar-refractivity contribution in [2.75, 3.05) is 11.9 Å². The smallest absolute Gasteiger partial charge is 0.137 e. The molecule has 0 radical (unpaired) electrons. The van der Waals surface area contributed by atoms with Crippen LogP contribution in [0.3, 0.4) is 0 Å². The standard InChI is InChI=1S/C18H18ClN3/c1-2-3-10-20-18-16-11-14(6-9-17(16)21-12-22-18)13-4-7-15(19)8-5-13/h4-9,11-12H,2-3,10H2,1H3,(H,20,21,22). The summed E-state index contributed by atoms with van der Waals surface area (Å²) in [4.78, 5) is 8.73. The minimum absolute atomic E-state index is 0.745. The van der Waals surface area contributed by atoms with Crippen LogP contribution in [-0.4, -0.2) is 16.5 Å². The van der Waals surface area contributed by atoms with Gasteiger partial charge in [-0.1, -0.05) is 43.1 Å². The van der Waals surface area contributed by atoms with Crippen LogP contribution in [0, 0.1) is 0 Å². The molecule has 1 aromatic heterocycles. The number of hydrogen-bond acceptors (Lipinski definition) is 3. The highest BCUT2D eigenvalue weighted by molar-refractivity contribution is 6.30. The van der Waals surface area contributed by atoms with Crippen LogP contribution >= 0.6 is 11.6 Å². The van der Waals surface area contributed by atoms with Crippen LogP contribution in [0.2, 0.25) is 5.02 Å². The largest absolute Gasteiger partial charge is 0.369 e. The molecule has 0 bridgehead atoms. The van der Waals surface area contributed by atoms with Gasteiger partial charge in [0, 0.05) is 17.0 Å². The molecule has 0 saturated carbocycles. The zero-order valence-corrected chi connectivity index (χ0v) is 13.3. The van der Waals surface area contributed by atoms with Crippen molar-refractivity contribution in [2.45, 2.75) is 19.8 Å². The van der Waals surface area contributed by atoms with Gasteiger partial charge in [-0.2, -0.15) is 0 Å². The van der Waals surface area contributed by atoms with Crippen LogP contribution in [0.5, 0.6) is 0 Å². The number of anilines is 1. The molecule has 4 heteroatoms. The van der Waals surface area contributed by atoms with Crippen molar-refractivity contribution in [1.29, 1.82) is 0 Å². The molecule has 0 aliphatic heterocycles. The van der Waals surface area contributed by atoms with Gasteiger partial charge in [0.2, 0.25) is 0 Å². The van der Waals surface area contributed by atoms with Crippen molar-refractivity contribution in [3.05, 3.63) is 53.8 Å². The molecule has 22 heavy (non-hydrogen) atoms. The number of hydrogen-bond donors (Lipinski definition) is 1. The second-order valence-corrected chi connectivity index (χ2v) is 5.68. The molecule has 0 spiro atoms. The van der Waals surface area contributed by atoms with Gasteiger partial charge in [-0.25, -0.2) is 9.97 Å². The third-order valence-electron chi connectivity index (χ3n) is 3.64. The first-order chi connectivity index (χ1) is 10.8. The number of unbranched alkanes of at least 4 members (excludes halogenated alkanes) is 1. The summed E-state index contributed by atoms with van der Waals surface area (Å²) in [7, 11) is 0. The Hall–Kier alpha value is -2.13. The molecule has 0 saturated heterocycles. The summed E-state index contributed by atoms with van der Waals surface area (Å²) in [6, 6.07) is 14.1. The Morgan fingerprint density at radius 3 is 2.55 bits per heavy atom. The van der Waals surface area contributed by atoms with Crippen LogP contribution < -0.4 is 5.32 Å². The third-order valence-corrected chi connectivity index (χ3v) is 3.89. The fourth-order valence-electron chi connectivity index (χ4n) is 2.40. The predicted molar refractivity (Wildman–Crippen MR) is 93.4 cm³/mol. The highest BCUT2D eigenvalue weighted by Crippen LogP contribution is 2.27. The van der Waals surface area contributed by atoms with E-state index in [1.807, 2.05) is 30.3 Å². The Morgan fingerprint density at radius 2 is 1.77 bits per heavy atom. The van der Waals surface area contributed by atoms with E-state index in [0.29, 0.717) is 0 Å². The molecule has 1 N–H and O–H groups in total. The minimum Gasteiger partial charge on any atom is -0.369 e. The molecule has 112 valence electrons. The van der Waals surface area contributed by atoms with E-state index in [-0.39, 0.29) is 0 Å². The molecule has 0 aliphatic carbocycles. The van der Waals surface area contributed by atoms with Crippen molar-refractivity contribution in [1.82, 2.24) is 9.97 Å². The predicted octanol–water partition coefficient (Wildman–Crippen LogP) is 5.16. The number of halogens is 1. The molecule has 3 nitrogen and oxygen atoms in total. The van der Waals surface area contributed by atoms with Gasteiger partial charge in [0.25, 0.3) is 0 Å². The zero-order chi connectivity index (χ0) is 15.4. The molecular weight excluding hydrogens is 294 g/mol. The van der Waals surface area contributed by atoms with Crippen molar-refractivity contribution in [2.24, 2.45) is 0 Å². The second kappa shape index (κ2) is 6.75. The van der Waals surface area contributed by atoms with Crippen LogP contribution in [0.1, 0.15) is 19.8 Å². The van der Waals surface area contributed by atoms with Crippen molar-refractivity contribution in [3.63, 3.8) is 0 Å². The molecule has 3 aromatic rings. The topological polar surface area (TPSA) is 37.8 Å². The van der Waals surface area contributed by atoms with Gasteiger partial charge in [-0.05, 0) is 41.8 Å². The summed E-state index contributed by atoms with van der Waals surface area (Å²) in [6.45, 7) is 3.10. The lowest BCUT2D eigenvalue weighted by Crippen LogP contribution is -2.03. The van der Waals surface area contributed by atoms with E-state index in [2.05, 4.69) is 34.3 Å². The van der Waals surface area contributed by atoms with Gasteiger partial charge in [0.15, 0.2) is 0 Å². The maximum Gasteiger partial charge on any atom is 0.137 e. The summed E-state index contributed by atoms with van der Waals surface area (Å²) in [6.07, 6.45) is 3.90. The van der Waals surface area contributed by atoms with E-state index >= 15 is 0 Å². The monoisotopic (exact) mass is 311 g/mol. The number of benzene rings is 2. The third kappa shape index (κ3) is 3.20. The summed E-state index contributed by atoms with van der Waals surface area (Å²) in [5, 5.41) is 5.20. The van der Waals surface area contributed by atoms with Crippen LogP contribution in [0.15, 0.2) is 48.8 Å². The van der Waals surface area contributed by atoms with Crippen LogP contribution in [0.25, 0.3) is 22.0 Å². The Balaban J connectivity index is 2.00. The fourth-order valence-corrected chi connectivity index (χ4v) is 2.53. The maximum atomic E-state index is 5.96. The van der Waals surface area contributed by atoms with Gasteiger partial charge in [-0.3, -0.25) is 0 Å². The molecule has 0 fully saturated rings. The highest BCUT2D eigenvalue weighted by atomic mass is 35.5. The average Bonchev–Trinajstić information content (AvgIpc) is 2.55. The van der Waals surface area contributed by atoms with Gasteiger partial charge < -0.3 is 5.32 Å². The Bertz CT molecular complexity index is 769. The Morgan fingerprint density at radius 1 is 1.00 bits per heavy atom. The Kier molecular flexibility index (Phi) is 4.54. The van der Waals surface area contributed by atoms with Gasteiger partial charge in [0.1, 0.15) is 12.1 Å². The van der Waals surface area contributed by atoms with E-state index in [9.17, 15) is 0 Å². The van der Waals surface area contributed by atoms with Crippen molar-refractivity contribution < 1.29 is 0 Å². The summed E-state index contributed by atoms with van der Waals surface area (Å²) >= 11 is 5.96. The van der Waals surface area contributed by atoms with Crippen molar-refractivity contribution >= 4 is 28.3 Å². The molecule has 0 unspecified atom stereocenters. The van der Waals surface area contributed by atoms with Crippen LogP contribution in [0.4, 0.5) is 5.82 Å². The van der Waals surface area contributed by atoms with E-state index in [1.165, 1.54) is 0 Å². The van der Waals surface area contributed by atoms with E-state index in [4.69, 9.17) is 11.6 Å². The first kappa shape index (κ1) is 14.8. The van der Waals surface area contributed by atoms with E-state index < -0.39 is 0 Å². The molecule has 0 amide bonds. The Labute approximate surface area is 135 Å². The number of nitrogens with zero attached hydrogens (tertiary/aromatic N) is 2. The number of rotatable bonds is 5. The SMILES string of the molecule is CCCCNc1ncnc2ccc(-c3ccc(Cl)cc3)cc12. The minimum atomic E-state index is 0.745. The summed E-state index contributed by atoms with van der Waals surface area (Å²) in [5.41, 5.74) is 3.22. The molecule has 2 aromatic carbocycles. The average molecular weight is 312 g/mol. The van der Waals surface area contributed by atoms with Crippen LogP contribution in [-0.2, 0) is 0 Å². The first-order valence-electron chi connectivity index (χ1n) is 7.52. The first-order valence-corrected chi connectivity index (χ1v) is 7.90. The second-order valence-electron chi connectivity index (χ2n) is 5.24. The number of nitrogens with one attached hydrogen (secondary N) is 1. The normalized spacial score (nSPS) is 10.8. The molecule has 0 aliphatic rings. The lowest BCUT2D eigenvalue weighted by atomic mass is 10.0. The molecule has 1 heterocycles. The fraction of sp³-hybridized carbons (Fsp3) is 0.222. The van der Waals surface area contributed by atoms with Crippen molar-refractivity contribution in [3.8, 4) is 11.1 Å². The lowest BCUT2D eigenvalue weighted by Gasteiger charge is -2.09. The molecule has 3 rings (SSSR count). The lowest BCUT2D eigenvalue weighted by molar-refractivity contribution is 0.831. The molecule has 0 atom stereocenters. The van der Waals surface area contributed by atoms with Gasteiger partial charge >= 0.3 is 0 Å². The number of fused-ring (bicyclic) bond motifs is 1. The summed E-state index contributed by atoms with van der Waals surface area (Å²) < 4.78 is 0. The van der Waals surface area contributed by atoms with E-state index in [0.717, 1.165) is 52.3 Å². The zero-order valence-electron chi connectivity index (χ0n) is 12.5. The van der Waals surface area contributed by atoms with Gasteiger partial charge in [-0.15, -0.1) is 0 Å². The molecular formula is C18H18ClN3. The maximum absolute atomic E-state index is 5.96. The highest BCUT2D eigenvalue weighted by Gasteiger charge is 2.06. The van der Waals surface area contributed by atoms with E-state index in [1.54, 1.807) is 6.33 Å².